The number of aliphatic hydroxyl groups excluding tert-OH is 2. The van der Waals surface area contributed by atoms with Gasteiger partial charge in [0.2, 0.25) is 0 Å². The maximum absolute atomic E-state index is 10.2. The van der Waals surface area contributed by atoms with E-state index in [9.17, 15) is 19.8 Å². The van der Waals surface area contributed by atoms with E-state index in [1.54, 1.807) is 0 Å². The fourth-order valence-corrected chi connectivity index (χ4v) is 2.75. The zero-order valence-electron chi connectivity index (χ0n) is 17.4. The van der Waals surface area contributed by atoms with Gasteiger partial charge in [0.25, 0.3) is 0 Å². The van der Waals surface area contributed by atoms with Crippen molar-refractivity contribution in [2.45, 2.75) is 122 Å². The summed E-state index contributed by atoms with van der Waals surface area (Å²) in [5.41, 5.74) is 0. The Labute approximate surface area is 165 Å². The fourth-order valence-electron chi connectivity index (χ4n) is 2.75. The summed E-state index contributed by atoms with van der Waals surface area (Å²) in [6.45, 7) is 4.33. The topological polar surface area (TPSA) is 115 Å². The summed E-state index contributed by atoms with van der Waals surface area (Å²) in [6, 6.07) is 0. The average Bonchev–Trinajstić information content (AvgIpc) is 2.57. The number of aliphatic carboxylic acids is 2. The highest BCUT2D eigenvalue weighted by Crippen LogP contribution is 2.10. The van der Waals surface area contributed by atoms with Crippen molar-refractivity contribution in [2.75, 3.05) is 0 Å². The number of unbranched alkanes of at least 4 members (excludes halogenated alkanes) is 9. The van der Waals surface area contributed by atoms with Gasteiger partial charge >= 0.3 is 11.9 Å². The number of carboxylic acids is 2. The summed E-state index contributed by atoms with van der Waals surface area (Å²) < 4.78 is 0. The predicted octanol–water partition coefficient (Wildman–Crippen LogP) is 4.76. The van der Waals surface area contributed by atoms with Gasteiger partial charge in [-0.05, 0) is 12.8 Å². The lowest BCUT2D eigenvalue weighted by Crippen LogP contribution is -2.12. The van der Waals surface area contributed by atoms with E-state index < -0.39 is 24.1 Å². The maximum Gasteiger partial charge on any atom is 0.305 e. The molecule has 0 rings (SSSR count). The molecule has 0 heterocycles. The Bertz CT molecular complexity index is 346. The third-order valence-electron chi connectivity index (χ3n) is 4.35. The van der Waals surface area contributed by atoms with Crippen LogP contribution in [0.25, 0.3) is 0 Å². The van der Waals surface area contributed by atoms with Gasteiger partial charge in [-0.1, -0.05) is 84.5 Å². The summed E-state index contributed by atoms with van der Waals surface area (Å²) in [5, 5.41) is 35.2. The lowest BCUT2D eigenvalue weighted by atomic mass is 10.1. The van der Waals surface area contributed by atoms with Crippen LogP contribution in [0, 0.1) is 0 Å². The molecule has 0 unspecified atom stereocenters. The zero-order chi connectivity index (χ0) is 20.9. The third-order valence-corrected chi connectivity index (χ3v) is 4.35. The van der Waals surface area contributed by atoms with Crippen LogP contribution in [-0.2, 0) is 9.59 Å². The van der Waals surface area contributed by atoms with Crippen molar-refractivity contribution in [2.24, 2.45) is 0 Å². The minimum atomic E-state index is -0.916. The van der Waals surface area contributed by atoms with Crippen molar-refractivity contribution in [1.82, 2.24) is 0 Å². The highest BCUT2D eigenvalue weighted by Gasteiger charge is 2.09. The van der Waals surface area contributed by atoms with Crippen molar-refractivity contribution < 1.29 is 30.0 Å². The molecule has 0 aliphatic heterocycles. The SMILES string of the molecule is CCCCCCCC[C@@H](O)CC(=O)O.CCCCCCC[C@@H](O)CC(=O)O. The number of aliphatic hydroxyl groups is 2. The normalized spacial score (nSPS) is 12.7. The van der Waals surface area contributed by atoms with Gasteiger partial charge in [-0.3, -0.25) is 9.59 Å². The molecule has 6 heteroatoms. The van der Waals surface area contributed by atoms with Gasteiger partial charge in [0.1, 0.15) is 0 Å². The molecule has 0 spiro atoms. The maximum atomic E-state index is 10.2. The molecule has 0 saturated carbocycles. The van der Waals surface area contributed by atoms with Crippen molar-refractivity contribution in [3.63, 3.8) is 0 Å². The lowest BCUT2D eigenvalue weighted by molar-refractivity contribution is -0.140. The first-order valence-electron chi connectivity index (χ1n) is 10.6. The van der Waals surface area contributed by atoms with Crippen LogP contribution in [0.5, 0.6) is 0 Å². The molecule has 0 aromatic heterocycles. The minimum Gasteiger partial charge on any atom is -0.481 e. The number of hydrogen-bond donors (Lipinski definition) is 4. The monoisotopic (exact) mass is 390 g/mol. The van der Waals surface area contributed by atoms with Gasteiger partial charge in [0, 0.05) is 0 Å². The van der Waals surface area contributed by atoms with Crippen molar-refractivity contribution in [3.05, 3.63) is 0 Å². The first-order chi connectivity index (χ1) is 12.8. The summed E-state index contributed by atoms with van der Waals surface area (Å²) in [7, 11) is 0. The summed E-state index contributed by atoms with van der Waals surface area (Å²) >= 11 is 0. The first-order valence-corrected chi connectivity index (χ1v) is 10.6. The number of rotatable bonds is 17. The minimum absolute atomic E-state index is 0.116. The third kappa shape index (κ3) is 27.2. The molecule has 0 radical (unpaired) electrons. The van der Waals surface area contributed by atoms with E-state index in [4.69, 9.17) is 10.2 Å². The first kappa shape index (κ1) is 28.1. The molecule has 0 bridgehead atoms. The zero-order valence-corrected chi connectivity index (χ0v) is 17.4. The van der Waals surface area contributed by atoms with Gasteiger partial charge in [-0.25, -0.2) is 0 Å². The Morgan fingerprint density at radius 1 is 0.593 bits per heavy atom. The summed E-state index contributed by atoms with van der Waals surface area (Å²) in [5.74, 6) is -1.83. The van der Waals surface area contributed by atoms with Crippen LogP contribution >= 0.6 is 0 Å². The quantitative estimate of drug-likeness (QED) is 0.266. The van der Waals surface area contributed by atoms with Crippen molar-refractivity contribution >= 4 is 11.9 Å². The highest BCUT2D eigenvalue weighted by atomic mass is 16.4. The van der Waals surface area contributed by atoms with Crippen LogP contribution in [0.2, 0.25) is 0 Å². The second-order valence-electron chi connectivity index (χ2n) is 7.26. The molecular formula is C21H42O6. The van der Waals surface area contributed by atoms with Gasteiger partial charge < -0.3 is 20.4 Å². The number of carbonyl (C=O) groups is 2. The van der Waals surface area contributed by atoms with Crippen LogP contribution in [0.15, 0.2) is 0 Å². The fraction of sp³-hybridized carbons (Fsp3) is 0.905. The molecule has 0 fully saturated rings. The molecule has 0 aromatic rings. The molecule has 0 amide bonds. The number of hydrogen-bond acceptors (Lipinski definition) is 4. The predicted molar refractivity (Wildman–Crippen MR) is 108 cm³/mol. The lowest BCUT2D eigenvalue weighted by Gasteiger charge is -2.06. The van der Waals surface area contributed by atoms with Gasteiger partial charge in [-0.2, -0.15) is 0 Å². The molecule has 6 nitrogen and oxygen atoms in total. The Hall–Kier alpha value is -1.14. The van der Waals surface area contributed by atoms with Crippen molar-refractivity contribution in [3.8, 4) is 0 Å². The van der Waals surface area contributed by atoms with Gasteiger partial charge in [0.05, 0.1) is 25.0 Å². The van der Waals surface area contributed by atoms with E-state index >= 15 is 0 Å². The van der Waals surface area contributed by atoms with E-state index in [0.29, 0.717) is 12.8 Å². The number of carboxylic acid groups (broad SMARTS) is 2. The molecule has 0 saturated heterocycles. The Morgan fingerprint density at radius 3 is 1.19 bits per heavy atom. The van der Waals surface area contributed by atoms with Crippen LogP contribution in [0.3, 0.4) is 0 Å². The van der Waals surface area contributed by atoms with Gasteiger partial charge in [-0.15, -0.1) is 0 Å². The summed E-state index contributed by atoms with van der Waals surface area (Å²) in [4.78, 5) is 20.4. The second-order valence-corrected chi connectivity index (χ2v) is 7.26. The average molecular weight is 391 g/mol. The molecule has 4 N–H and O–H groups in total. The molecule has 2 atom stereocenters. The van der Waals surface area contributed by atoms with Crippen LogP contribution < -0.4 is 0 Å². The molecular weight excluding hydrogens is 348 g/mol. The molecule has 0 aliphatic rings. The van der Waals surface area contributed by atoms with Crippen LogP contribution in [-0.4, -0.2) is 44.6 Å². The Balaban J connectivity index is 0. The van der Waals surface area contributed by atoms with E-state index in [2.05, 4.69) is 13.8 Å². The second kappa shape index (κ2) is 21.2. The standard InChI is InChI=1S/C11H22O3.C10H20O3/c1-2-3-4-5-6-7-8-10(12)9-11(13)14;1-2-3-4-5-6-7-9(11)8-10(12)13/h10,12H,2-9H2,1H3,(H,13,14);9,11H,2-8H2,1H3,(H,12,13)/t10-;9-/m11/s1. The van der Waals surface area contributed by atoms with Crippen LogP contribution in [0.1, 0.15) is 110 Å². The van der Waals surface area contributed by atoms with Crippen molar-refractivity contribution in [1.29, 1.82) is 0 Å². The van der Waals surface area contributed by atoms with E-state index in [1.165, 1.54) is 44.9 Å². The van der Waals surface area contributed by atoms with E-state index in [-0.39, 0.29) is 12.8 Å². The molecule has 0 aliphatic carbocycles. The smallest absolute Gasteiger partial charge is 0.305 e. The molecule has 27 heavy (non-hydrogen) atoms. The van der Waals surface area contributed by atoms with E-state index in [0.717, 1.165) is 25.7 Å². The van der Waals surface area contributed by atoms with E-state index in [1.807, 2.05) is 0 Å². The Kier molecular flexibility index (Phi) is 22.0. The van der Waals surface area contributed by atoms with Gasteiger partial charge in [0.15, 0.2) is 0 Å². The highest BCUT2D eigenvalue weighted by molar-refractivity contribution is 5.67. The Morgan fingerprint density at radius 2 is 0.889 bits per heavy atom. The largest absolute Gasteiger partial charge is 0.481 e. The molecule has 0 aromatic carbocycles. The molecule has 162 valence electrons. The summed E-state index contributed by atoms with van der Waals surface area (Å²) in [6.07, 6.45) is 12.4. The van der Waals surface area contributed by atoms with Crippen LogP contribution in [0.4, 0.5) is 0 Å².